The summed E-state index contributed by atoms with van der Waals surface area (Å²) in [5.74, 6) is -2.54. The molecule has 2 aromatic rings. The van der Waals surface area contributed by atoms with Crippen molar-refractivity contribution in [2.45, 2.75) is 51.2 Å². The molecule has 3 atom stereocenters. The molecule has 0 radical (unpaired) electrons. The third kappa shape index (κ3) is 2.49. The molecule has 4 rings (SSSR count). The van der Waals surface area contributed by atoms with Crippen LogP contribution in [0.3, 0.4) is 0 Å². The lowest BCUT2D eigenvalue weighted by Crippen LogP contribution is -2.63. The number of carboxylic acids is 1. The smallest absolute Gasteiger partial charge is 0.310 e. The van der Waals surface area contributed by atoms with Gasteiger partial charge in [0, 0.05) is 23.2 Å². The number of nitrogens with two attached hydrogens (primary N) is 1. The van der Waals surface area contributed by atoms with Gasteiger partial charge in [0.2, 0.25) is 5.91 Å². The number of carboxylic acid groups (broad SMARTS) is 1. The summed E-state index contributed by atoms with van der Waals surface area (Å²) in [5, 5.41) is 12.9. The van der Waals surface area contributed by atoms with E-state index < -0.39 is 28.8 Å². The van der Waals surface area contributed by atoms with Crippen LogP contribution in [0.2, 0.25) is 0 Å². The van der Waals surface area contributed by atoms with E-state index in [0.717, 1.165) is 5.56 Å². The van der Waals surface area contributed by atoms with Gasteiger partial charge < -0.3 is 20.9 Å². The van der Waals surface area contributed by atoms with E-state index in [1.54, 1.807) is 31.2 Å². The summed E-state index contributed by atoms with van der Waals surface area (Å²) in [7, 11) is 0. The molecule has 7 nitrogen and oxygen atoms in total. The lowest BCUT2D eigenvalue weighted by atomic mass is 9.69. The maximum absolute atomic E-state index is 14.0. The summed E-state index contributed by atoms with van der Waals surface area (Å²) in [4.78, 5) is 39.0. The molecule has 1 aliphatic heterocycles. The maximum Gasteiger partial charge on any atom is 0.310 e. The van der Waals surface area contributed by atoms with Gasteiger partial charge in [0.15, 0.2) is 16.9 Å². The van der Waals surface area contributed by atoms with E-state index in [1.165, 1.54) is 6.92 Å². The monoisotopic (exact) mass is 422 g/mol. The van der Waals surface area contributed by atoms with Gasteiger partial charge in [-0.25, -0.2) is 0 Å². The highest BCUT2D eigenvalue weighted by atomic mass is 16.5. The molecule has 162 valence electrons. The number of nitrogens with one attached hydrogen (secondary N) is 1. The van der Waals surface area contributed by atoms with Gasteiger partial charge in [-0.15, -0.1) is 0 Å². The summed E-state index contributed by atoms with van der Waals surface area (Å²) in [6, 6.07) is 10.4. The molecule has 0 spiro atoms. The summed E-state index contributed by atoms with van der Waals surface area (Å²) in [6.07, 6.45) is 0.123. The van der Waals surface area contributed by atoms with Crippen molar-refractivity contribution in [3.8, 4) is 5.75 Å². The third-order valence-corrected chi connectivity index (χ3v) is 6.60. The Bertz CT molecular complexity index is 1120. The first-order valence-electron chi connectivity index (χ1n) is 10.4. The van der Waals surface area contributed by atoms with Crippen molar-refractivity contribution in [2.24, 2.45) is 5.92 Å². The standard InChI is InChI=1S/C24H26N2O5/c1-5-19(27)26-23-15-10-9-14(12(2)3)11-18(15)31-24(23,13(4)22(29)30)16-7-6-8-17(25)20(16)21(23)28/h6-13H,5,25H2,1-4H3,(H,26,27)(H,29,30)/t13?,23-,24-/m1/s1. The average Bonchev–Trinajstić information content (AvgIpc) is 3.13. The minimum atomic E-state index is -1.72. The number of benzene rings is 2. The molecule has 31 heavy (non-hydrogen) atoms. The van der Waals surface area contributed by atoms with Gasteiger partial charge in [-0.2, -0.15) is 0 Å². The van der Waals surface area contributed by atoms with E-state index in [1.807, 2.05) is 26.0 Å². The number of ether oxygens (including phenoxy) is 1. The number of hydrogen-bond acceptors (Lipinski definition) is 5. The van der Waals surface area contributed by atoms with E-state index in [2.05, 4.69) is 5.32 Å². The van der Waals surface area contributed by atoms with Crippen molar-refractivity contribution >= 4 is 23.3 Å². The van der Waals surface area contributed by atoms with Gasteiger partial charge in [-0.3, -0.25) is 14.4 Å². The molecular weight excluding hydrogens is 396 g/mol. The number of carbonyl (C=O) groups excluding carboxylic acids is 2. The highest BCUT2D eigenvalue weighted by Gasteiger charge is 2.74. The minimum Gasteiger partial charge on any atom is -0.481 e. The Kier molecular flexibility index (Phi) is 4.61. The van der Waals surface area contributed by atoms with Crippen molar-refractivity contribution in [3.63, 3.8) is 0 Å². The zero-order valence-corrected chi connectivity index (χ0v) is 18.0. The molecule has 1 unspecified atom stereocenters. The van der Waals surface area contributed by atoms with Crippen LogP contribution in [0.5, 0.6) is 5.75 Å². The largest absolute Gasteiger partial charge is 0.481 e. The van der Waals surface area contributed by atoms with E-state index in [4.69, 9.17) is 10.5 Å². The molecule has 7 heteroatoms. The fourth-order valence-corrected chi connectivity index (χ4v) is 4.95. The first-order valence-corrected chi connectivity index (χ1v) is 10.4. The molecule has 1 heterocycles. The van der Waals surface area contributed by atoms with Crippen LogP contribution in [-0.2, 0) is 20.7 Å². The molecule has 0 aromatic heterocycles. The number of nitrogen functional groups attached to an aromatic ring is 1. The average molecular weight is 422 g/mol. The van der Waals surface area contributed by atoms with Crippen LogP contribution < -0.4 is 15.8 Å². The van der Waals surface area contributed by atoms with Crippen LogP contribution in [0.25, 0.3) is 0 Å². The molecule has 0 saturated heterocycles. The number of rotatable bonds is 5. The van der Waals surface area contributed by atoms with Crippen LogP contribution in [-0.4, -0.2) is 22.8 Å². The number of carbonyl (C=O) groups is 3. The van der Waals surface area contributed by atoms with Crippen molar-refractivity contribution in [3.05, 3.63) is 58.7 Å². The van der Waals surface area contributed by atoms with Crippen molar-refractivity contribution in [1.29, 1.82) is 0 Å². The summed E-state index contributed by atoms with van der Waals surface area (Å²) in [6.45, 7) is 7.23. The Balaban J connectivity index is 2.12. The molecular formula is C24H26N2O5. The quantitative estimate of drug-likeness (QED) is 0.636. The zero-order chi connectivity index (χ0) is 22.7. The predicted molar refractivity (Wildman–Crippen MR) is 115 cm³/mol. The van der Waals surface area contributed by atoms with Gasteiger partial charge in [-0.05, 0) is 30.5 Å². The third-order valence-electron chi connectivity index (χ3n) is 6.60. The Labute approximate surface area is 180 Å². The van der Waals surface area contributed by atoms with E-state index in [-0.39, 0.29) is 29.5 Å². The normalized spacial score (nSPS) is 24.2. The molecule has 4 N–H and O–H groups in total. The second-order valence-corrected chi connectivity index (χ2v) is 8.56. The second kappa shape index (κ2) is 6.83. The second-order valence-electron chi connectivity index (χ2n) is 8.56. The summed E-state index contributed by atoms with van der Waals surface area (Å²) < 4.78 is 6.46. The van der Waals surface area contributed by atoms with Gasteiger partial charge in [0.05, 0.1) is 5.56 Å². The Morgan fingerprint density at radius 2 is 1.87 bits per heavy atom. The lowest BCUT2D eigenvalue weighted by molar-refractivity contribution is -0.153. The molecule has 0 bridgehead atoms. The number of hydrogen-bond donors (Lipinski definition) is 3. The van der Waals surface area contributed by atoms with Crippen LogP contribution in [0.1, 0.15) is 67.1 Å². The summed E-state index contributed by atoms with van der Waals surface area (Å²) in [5.41, 5.74) is 5.02. The van der Waals surface area contributed by atoms with Crippen LogP contribution in [0.4, 0.5) is 5.69 Å². The Hall–Kier alpha value is -3.35. The van der Waals surface area contributed by atoms with Crippen LogP contribution >= 0.6 is 0 Å². The maximum atomic E-state index is 14.0. The Morgan fingerprint density at radius 1 is 1.16 bits per heavy atom. The lowest BCUT2D eigenvalue weighted by Gasteiger charge is -2.41. The SMILES string of the molecule is CCC(=O)N[C@]12C(=O)c3c(N)cccc3[C@@]1(C(C)C(=O)O)Oc1cc(C(C)C)ccc12. The van der Waals surface area contributed by atoms with Crippen molar-refractivity contribution in [1.82, 2.24) is 5.32 Å². The zero-order valence-electron chi connectivity index (χ0n) is 18.0. The Morgan fingerprint density at radius 3 is 2.48 bits per heavy atom. The molecule has 2 aliphatic rings. The number of Topliss-reactive ketones (excluding diaryl/α,β-unsaturated/α-hetero) is 1. The number of anilines is 1. The van der Waals surface area contributed by atoms with Crippen LogP contribution in [0, 0.1) is 5.92 Å². The van der Waals surface area contributed by atoms with E-state index in [9.17, 15) is 19.5 Å². The summed E-state index contributed by atoms with van der Waals surface area (Å²) >= 11 is 0. The van der Waals surface area contributed by atoms with Gasteiger partial charge in [0.1, 0.15) is 11.7 Å². The predicted octanol–water partition coefficient (Wildman–Crippen LogP) is 3.32. The molecule has 1 amide bonds. The molecule has 0 saturated carbocycles. The first kappa shape index (κ1) is 20.9. The molecule has 0 fully saturated rings. The number of fused-ring (bicyclic) bond motifs is 5. The fourth-order valence-electron chi connectivity index (χ4n) is 4.95. The molecule has 1 aliphatic carbocycles. The fraction of sp³-hybridized carbons (Fsp3) is 0.375. The van der Waals surface area contributed by atoms with Crippen molar-refractivity contribution in [2.75, 3.05) is 5.73 Å². The highest BCUT2D eigenvalue weighted by Crippen LogP contribution is 2.63. The minimum absolute atomic E-state index is 0.123. The molecule has 2 aromatic carbocycles. The van der Waals surface area contributed by atoms with Crippen molar-refractivity contribution < 1.29 is 24.2 Å². The highest BCUT2D eigenvalue weighted by molar-refractivity contribution is 6.16. The number of aliphatic carboxylic acids is 1. The van der Waals surface area contributed by atoms with Crippen LogP contribution in [0.15, 0.2) is 36.4 Å². The number of amides is 1. The topological polar surface area (TPSA) is 119 Å². The van der Waals surface area contributed by atoms with E-state index >= 15 is 0 Å². The van der Waals surface area contributed by atoms with Gasteiger partial charge in [0.25, 0.3) is 0 Å². The van der Waals surface area contributed by atoms with E-state index in [0.29, 0.717) is 16.9 Å². The number of ketones is 1. The first-order chi connectivity index (χ1) is 14.6. The van der Waals surface area contributed by atoms with Gasteiger partial charge in [-0.1, -0.05) is 45.0 Å². The van der Waals surface area contributed by atoms with Gasteiger partial charge >= 0.3 is 5.97 Å².